The van der Waals surface area contributed by atoms with Crippen molar-refractivity contribution in [3.05, 3.63) is 53.4 Å². The summed E-state index contributed by atoms with van der Waals surface area (Å²) in [6, 6.07) is 11.0. The second kappa shape index (κ2) is 8.03. The summed E-state index contributed by atoms with van der Waals surface area (Å²) in [6.07, 6.45) is 0.206. The van der Waals surface area contributed by atoms with Crippen molar-refractivity contribution in [3.8, 4) is 0 Å². The molecule has 0 spiro atoms. The van der Waals surface area contributed by atoms with Gasteiger partial charge in [0.15, 0.2) is 5.69 Å². The summed E-state index contributed by atoms with van der Waals surface area (Å²) in [5, 5.41) is 6.66. The number of alkyl carbamates (subject to hydrolysis) is 1. The van der Waals surface area contributed by atoms with Crippen LogP contribution in [0.25, 0.3) is 0 Å². The second-order valence-electron chi connectivity index (χ2n) is 6.71. The summed E-state index contributed by atoms with van der Waals surface area (Å²) < 4.78 is 10.4. The lowest BCUT2D eigenvalue weighted by Crippen LogP contribution is -2.38. The van der Waals surface area contributed by atoms with Gasteiger partial charge < -0.3 is 19.5 Å². The van der Waals surface area contributed by atoms with Crippen LogP contribution in [0, 0.1) is 0 Å². The first-order chi connectivity index (χ1) is 12.5. The fraction of sp³-hybridized carbons (Fsp3) is 0.421. The summed E-state index contributed by atoms with van der Waals surface area (Å²) in [6.45, 7) is 5.17. The predicted octanol–water partition coefficient (Wildman–Crippen LogP) is 2.94. The molecule has 1 fully saturated rings. The number of nitrogens with zero attached hydrogens (tertiary/aromatic N) is 2. The third kappa shape index (κ3) is 4.41. The van der Waals surface area contributed by atoms with Crippen LogP contribution in [0.3, 0.4) is 0 Å². The average Bonchev–Trinajstić information content (AvgIpc) is 3.30. The highest BCUT2D eigenvalue weighted by atomic mass is 16.5. The highest BCUT2D eigenvalue weighted by Crippen LogP contribution is 2.18. The van der Waals surface area contributed by atoms with Crippen LogP contribution in [0.15, 0.2) is 40.9 Å². The number of amides is 2. The summed E-state index contributed by atoms with van der Waals surface area (Å²) >= 11 is 0. The van der Waals surface area contributed by atoms with Crippen LogP contribution in [-0.4, -0.2) is 41.2 Å². The zero-order valence-corrected chi connectivity index (χ0v) is 15.0. The molecule has 1 aromatic carbocycles. The van der Waals surface area contributed by atoms with Crippen LogP contribution in [0.2, 0.25) is 0 Å². The Kier molecular flexibility index (Phi) is 5.55. The van der Waals surface area contributed by atoms with Crippen molar-refractivity contribution in [1.29, 1.82) is 0 Å². The number of rotatable bonds is 5. The van der Waals surface area contributed by atoms with E-state index >= 15 is 0 Å². The van der Waals surface area contributed by atoms with E-state index in [4.69, 9.17) is 9.26 Å². The predicted molar refractivity (Wildman–Crippen MR) is 94.7 cm³/mol. The highest BCUT2D eigenvalue weighted by molar-refractivity contribution is 5.92. The van der Waals surface area contributed by atoms with Crippen LogP contribution in [0.5, 0.6) is 0 Å². The van der Waals surface area contributed by atoms with Gasteiger partial charge in [0.2, 0.25) is 0 Å². The van der Waals surface area contributed by atoms with Crippen molar-refractivity contribution in [2.24, 2.45) is 0 Å². The van der Waals surface area contributed by atoms with Gasteiger partial charge in [0.05, 0.1) is 6.04 Å². The Morgan fingerprint density at radius 2 is 2.12 bits per heavy atom. The van der Waals surface area contributed by atoms with Crippen molar-refractivity contribution in [3.63, 3.8) is 0 Å². The molecule has 1 aliphatic rings. The van der Waals surface area contributed by atoms with Gasteiger partial charge in [0.1, 0.15) is 12.4 Å². The Balaban J connectivity index is 1.47. The van der Waals surface area contributed by atoms with Crippen molar-refractivity contribution in [2.45, 2.75) is 38.8 Å². The smallest absolute Gasteiger partial charge is 0.407 e. The number of benzene rings is 1. The first-order valence-electron chi connectivity index (χ1n) is 8.76. The van der Waals surface area contributed by atoms with E-state index in [1.54, 1.807) is 11.0 Å². The van der Waals surface area contributed by atoms with E-state index in [9.17, 15) is 9.59 Å². The van der Waals surface area contributed by atoms with Gasteiger partial charge in [0, 0.05) is 25.1 Å². The van der Waals surface area contributed by atoms with E-state index in [1.165, 1.54) is 0 Å². The molecule has 1 aliphatic heterocycles. The standard InChI is InChI=1S/C19H23N3O4/c1-13(2)17-10-16(21-26-17)18(23)22-9-8-15(11-22)20-19(24)25-12-14-6-4-3-5-7-14/h3-7,10,13,15H,8-9,11-12H2,1-2H3,(H,20,24). The SMILES string of the molecule is CC(C)c1cc(C(=O)N2CCC(NC(=O)OCc3ccccc3)C2)no1. The summed E-state index contributed by atoms with van der Waals surface area (Å²) in [5.74, 6) is 0.686. The van der Waals surface area contributed by atoms with E-state index in [0.717, 1.165) is 5.56 Å². The third-order valence-corrected chi connectivity index (χ3v) is 4.33. The van der Waals surface area contributed by atoms with Crippen LogP contribution < -0.4 is 5.32 Å². The molecule has 0 saturated carbocycles. The molecule has 7 nitrogen and oxygen atoms in total. The topological polar surface area (TPSA) is 84.7 Å². The van der Waals surface area contributed by atoms with Gasteiger partial charge >= 0.3 is 6.09 Å². The zero-order chi connectivity index (χ0) is 18.5. The molecular weight excluding hydrogens is 334 g/mol. The van der Waals surface area contributed by atoms with Gasteiger partial charge in [-0.2, -0.15) is 0 Å². The molecule has 7 heteroatoms. The van der Waals surface area contributed by atoms with E-state index in [0.29, 0.717) is 31.0 Å². The highest BCUT2D eigenvalue weighted by Gasteiger charge is 2.30. The van der Waals surface area contributed by atoms with Crippen molar-refractivity contribution in [1.82, 2.24) is 15.4 Å². The minimum Gasteiger partial charge on any atom is -0.445 e. The van der Waals surface area contributed by atoms with Crippen LogP contribution in [0.1, 0.15) is 48.0 Å². The summed E-state index contributed by atoms with van der Waals surface area (Å²) in [5.41, 5.74) is 1.24. The molecule has 138 valence electrons. The van der Waals surface area contributed by atoms with E-state index in [1.807, 2.05) is 44.2 Å². The molecule has 2 heterocycles. The number of likely N-dealkylation sites (tertiary alicyclic amines) is 1. The lowest BCUT2D eigenvalue weighted by atomic mass is 10.1. The Hall–Kier alpha value is -2.83. The molecule has 0 aliphatic carbocycles. The molecule has 0 bridgehead atoms. The molecule has 26 heavy (non-hydrogen) atoms. The minimum absolute atomic E-state index is 0.126. The number of nitrogens with one attached hydrogen (secondary N) is 1. The Labute approximate surface area is 152 Å². The van der Waals surface area contributed by atoms with Crippen LogP contribution in [-0.2, 0) is 11.3 Å². The minimum atomic E-state index is -0.475. The van der Waals surface area contributed by atoms with Gasteiger partial charge in [-0.25, -0.2) is 4.79 Å². The van der Waals surface area contributed by atoms with Gasteiger partial charge in [-0.15, -0.1) is 0 Å². The van der Waals surface area contributed by atoms with Crippen molar-refractivity contribution in [2.75, 3.05) is 13.1 Å². The number of carbonyl (C=O) groups is 2. The van der Waals surface area contributed by atoms with Crippen molar-refractivity contribution < 1.29 is 18.8 Å². The molecule has 1 unspecified atom stereocenters. The van der Waals surface area contributed by atoms with E-state index in [-0.39, 0.29) is 24.5 Å². The Morgan fingerprint density at radius 3 is 2.81 bits per heavy atom. The average molecular weight is 357 g/mol. The fourth-order valence-corrected chi connectivity index (χ4v) is 2.82. The first-order valence-corrected chi connectivity index (χ1v) is 8.76. The second-order valence-corrected chi connectivity index (χ2v) is 6.71. The van der Waals surface area contributed by atoms with Crippen LogP contribution >= 0.6 is 0 Å². The maximum Gasteiger partial charge on any atom is 0.407 e. The molecule has 3 rings (SSSR count). The van der Waals surface area contributed by atoms with Crippen molar-refractivity contribution >= 4 is 12.0 Å². The van der Waals surface area contributed by atoms with Gasteiger partial charge in [-0.3, -0.25) is 4.79 Å². The Bertz CT molecular complexity index is 757. The number of aromatic nitrogens is 1. The molecule has 1 saturated heterocycles. The number of hydrogen-bond acceptors (Lipinski definition) is 5. The molecule has 0 radical (unpaired) electrons. The Morgan fingerprint density at radius 1 is 1.35 bits per heavy atom. The first kappa shape index (κ1) is 18.0. The van der Waals surface area contributed by atoms with Crippen LogP contribution in [0.4, 0.5) is 4.79 Å². The lowest BCUT2D eigenvalue weighted by Gasteiger charge is -2.15. The van der Waals surface area contributed by atoms with E-state index < -0.39 is 6.09 Å². The molecule has 1 aromatic heterocycles. The third-order valence-electron chi connectivity index (χ3n) is 4.33. The van der Waals surface area contributed by atoms with Gasteiger partial charge in [-0.1, -0.05) is 49.3 Å². The zero-order valence-electron chi connectivity index (χ0n) is 15.0. The molecule has 1 N–H and O–H groups in total. The quantitative estimate of drug-likeness (QED) is 0.889. The molecule has 1 atom stereocenters. The fourth-order valence-electron chi connectivity index (χ4n) is 2.82. The maximum absolute atomic E-state index is 12.5. The summed E-state index contributed by atoms with van der Waals surface area (Å²) in [7, 11) is 0. The van der Waals surface area contributed by atoms with Gasteiger partial charge in [-0.05, 0) is 12.0 Å². The number of ether oxygens (including phenoxy) is 1. The number of hydrogen-bond donors (Lipinski definition) is 1. The van der Waals surface area contributed by atoms with Gasteiger partial charge in [0.25, 0.3) is 5.91 Å². The maximum atomic E-state index is 12.5. The lowest BCUT2D eigenvalue weighted by molar-refractivity contribution is 0.0776. The molecular formula is C19H23N3O4. The molecule has 2 amide bonds. The summed E-state index contributed by atoms with van der Waals surface area (Å²) in [4.78, 5) is 26.1. The molecule has 2 aromatic rings. The largest absolute Gasteiger partial charge is 0.445 e. The normalized spacial score (nSPS) is 16.7. The monoisotopic (exact) mass is 357 g/mol. The van der Waals surface area contributed by atoms with E-state index in [2.05, 4.69) is 10.5 Å². The number of carbonyl (C=O) groups excluding carboxylic acids is 2.